The molecule has 78 valence electrons. The van der Waals surface area contributed by atoms with Crippen LogP contribution in [0, 0.1) is 0 Å². The molecule has 0 aliphatic carbocycles. The maximum Gasteiger partial charge on any atom is 0.176 e. The van der Waals surface area contributed by atoms with Crippen LogP contribution in [-0.4, -0.2) is 14.3 Å². The molecule has 0 fully saturated rings. The second kappa shape index (κ2) is 4.89. The Labute approximate surface area is 100 Å². The highest BCUT2D eigenvalue weighted by Crippen LogP contribution is 2.33. The molecule has 4 nitrogen and oxygen atoms in total. The molecular formula is C8H7ClN4S2. The molecule has 2 aromatic rings. The number of rotatable bonds is 3. The fourth-order valence-electron chi connectivity index (χ4n) is 0.982. The first kappa shape index (κ1) is 10.8. The van der Waals surface area contributed by atoms with Crippen LogP contribution in [-0.2, 0) is 6.54 Å². The molecule has 7 heteroatoms. The Balaban J connectivity index is 2.29. The highest BCUT2D eigenvalue weighted by Gasteiger charge is 2.09. The predicted molar refractivity (Wildman–Crippen MR) is 61.2 cm³/mol. The van der Waals surface area contributed by atoms with Crippen molar-refractivity contribution in [3.63, 3.8) is 0 Å². The maximum atomic E-state index is 6.12. The van der Waals surface area contributed by atoms with Gasteiger partial charge in [-0.3, -0.25) is 0 Å². The molecule has 0 spiro atoms. The van der Waals surface area contributed by atoms with Crippen LogP contribution in [0.2, 0.25) is 5.02 Å². The Morgan fingerprint density at radius 1 is 1.47 bits per heavy atom. The number of aromatic nitrogens is 3. The van der Waals surface area contributed by atoms with Gasteiger partial charge in [0, 0.05) is 12.7 Å². The number of pyridine rings is 1. The molecular weight excluding hydrogens is 252 g/mol. The van der Waals surface area contributed by atoms with Crippen LogP contribution >= 0.6 is 34.9 Å². The lowest BCUT2D eigenvalue weighted by Gasteiger charge is -2.04. The van der Waals surface area contributed by atoms with Crippen molar-refractivity contribution in [1.29, 1.82) is 0 Å². The Morgan fingerprint density at radius 3 is 3.00 bits per heavy atom. The highest BCUT2D eigenvalue weighted by atomic mass is 35.5. The summed E-state index contributed by atoms with van der Waals surface area (Å²) in [6, 6.07) is 1.81. The molecule has 0 aromatic carbocycles. The summed E-state index contributed by atoms with van der Waals surface area (Å²) in [6.07, 6.45) is 3.20. The van der Waals surface area contributed by atoms with Gasteiger partial charge in [-0.15, -0.1) is 0 Å². The van der Waals surface area contributed by atoms with Crippen molar-refractivity contribution in [2.75, 3.05) is 0 Å². The van der Waals surface area contributed by atoms with Crippen LogP contribution in [0.4, 0.5) is 0 Å². The molecule has 0 amide bonds. The third-order valence-electron chi connectivity index (χ3n) is 1.68. The summed E-state index contributed by atoms with van der Waals surface area (Å²) in [4.78, 5) is 8.22. The fourth-order valence-corrected chi connectivity index (χ4v) is 2.68. The number of hydrogen-bond acceptors (Lipinski definition) is 6. The molecule has 0 aliphatic rings. The van der Waals surface area contributed by atoms with Gasteiger partial charge in [0.25, 0.3) is 0 Å². The van der Waals surface area contributed by atoms with Crippen molar-refractivity contribution < 1.29 is 0 Å². The maximum absolute atomic E-state index is 6.12. The summed E-state index contributed by atoms with van der Waals surface area (Å²) in [6.45, 7) is 0.408. The Hall–Kier alpha value is -0.690. The lowest BCUT2D eigenvalue weighted by atomic mass is 10.3. The molecule has 15 heavy (non-hydrogen) atoms. The first-order valence-corrected chi connectivity index (χ1v) is 6.06. The summed E-state index contributed by atoms with van der Waals surface area (Å²) < 4.78 is 4.72. The summed E-state index contributed by atoms with van der Waals surface area (Å²) >= 11 is 8.83. The minimum atomic E-state index is 0.408. The monoisotopic (exact) mass is 258 g/mol. The van der Waals surface area contributed by atoms with Crippen LogP contribution < -0.4 is 5.73 Å². The Kier molecular flexibility index (Phi) is 3.53. The molecule has 0 aliphatic heterocycles. The van der Waals surface area contributed by atoms with Crippen LogP contribution in [0.25, 0.3) is 0 Å². The summed E-state index contributed by atoms with van der Waals surface area (Å²) in [5.74, 6) is 0. The molecule has 0 unspecified atom stereocenters. The molecule has 0 atom stereocenters. The molecule has 2 rings (SSSR count). The lowest BCUT2D eigenvalue weighted by molar-refractivity contribution is 1.02. The van der Waals surface area contributed by atoms with Gasteiger partial charge in [-0.1, -0.05) is 11.6 Å². The van der Waals surface area contributed by atoms with E-state index >= 15 is 0 Å². The van der Waals surface area contributed by atoms with Gasteiger partial charge in [0.05, 0.1) is 5.02 Å². The van der Waals surface area contributed by atoms with Crippen molar-refractivity contribution in [2.45, 2.75) is 15.9 Å². The van der Waals surface area contributed by atoms with E-state index in [4.69, 9.17) is 17.3 Å². The quantitative estimate of drug-likeness (QED) is 0.914. The van der Waals surface area contributed by atoms with E-state index in [1.807, 2.05) is 6.07 Å². The van der Waals surface area contributed by atoms with Gasteiger partial charge < -0.3 is 5.73 Å². The van der Waals surface area contributed by atoms with Gasteiger partial charge in [0.15, 0.2) is 4.34 Å². The van der Waals surface area contributed by atoms with E-state index in [9.17, 15) is 0 Å². The van der Waals surface area contributed by atoms with Crippen molar-refractivity contribution in [3.8, 4) is 0 Å². The van der Waals surface area contributed by atoms with E-state index < -0.39 is 0 Å². The van der Waals surface area contributed by atoms with Gasteiger partial charge in [0.2, 0.25) is 0 Å². The molecule has 0 saturated heterocycles. The molecule has 0 radical (unpaired) electrons. The second-order valence-corrected chi connectivity index (χ2v) is 5.00. The number of nitrogens with zero attached hydrogens (tertiary/aromatic N) is 3. The standard InChI is InChI=1S/C8H7ClN4S2/c9-6-5(3-10)1-2-11-7(6)14-8-12-4-13-15-8/h1-2,4H,3,10H2. The smallest absolute Gasteiger partial charge is 0.176 e. The minimum Gasteiger partial charge on any atom is -0.326 e. The van der Waals surface area contributed by atoms with E-state index in [1.54, 1.807) is 6.20 Å². The highest BCUT2D eigenvalue weighted by molar-refractivity contribution is 8.01. The zero-order valence-corrected chi connectivity index (χ0v) is 9.94. The average Bonchev–Trinajstić information content (AvgIpc) is 2.74. The molecule has 2 aromatic heterocycles. The summed E-state index contributed by atoms with van der Waals surface area (Å²) in [5.41, 5.74) is 6.43. The van der Waals surface area contributed by atoms with E-state index in [2.05, 4.69) is 14.3 Å². The van der Waals surface area contributed by atoms with Crippen LogP contribution in [0.3, 0.4) is 0 Å². The zero-order chi connectivity index (χ0) is 10.7. The van der Waals surface area contributed by atoms with Gasteiger partial charge >= 0.3 is 0 Å². The van der Waals surface area contributed by atoms with E-state index in [0.717, 1.165) is 14.9 Å². The summed E-state index contributed by atoms with van der Waals surface area (Å²) in [5, 5.41) is 1.32. The van der Waals surface area contributed by atoms with Crippen molar-refractivity contribution in [1.82, 2.24) is 14.3 Å². The normalized spacial score (nSPS) is 10.5. The van der Waals surface area contributed by atoms with Crippen molar-refractivity contribution in [3.05, 3.63) is 29.2 Å². The molecule has 2 heterocycles. The zero-order valence-electron chi connectivity index (χ0n) is 7.55. The van der Waals surface area contributed by atoms with Gasteiger partial charge in [-0.05, 0) is 34.9 Å². The Bertz CT molecular complexity index is 446. The van der Waals surface area contributed by atoms with E-state index in [-0.39, 0.29) is 0 Å². The fraction of sp³-hybridized carbons (Fsp3) is 0.125. The van der Waals surface area contributed by atoms with E-state index in [1.165, 1.54) is 29.6 Å². The largest absolute Gasteiger partial charge is 0.326 e. The van der Waals surface area contributed by atoms with E-state index in [0.29, 0.717) is 11.6 Å². The predicted octanol–water partition coefficient (Wildman–Crippen LogP) is 2.20. The average molecular weight is 259 g/mol. The lowest BCUT2D eigenvalue weighted by Crippen LogP contribution is -1.98. The second-order valence-electron chi connectivity index (χ2n) is 2.60. The topological polar surface area (TPSA) is 64.7 Å². The minimum absolute atomic E-state index is 0.408. The third-order valence-corrected chi connectivity index (χ3v) is 3.93. The van der Waals surface area contributed by atoms with Gasteiger partial charge in [0.1, 0.15) is 11.4 Å². The third kappa shape index (κ3) is 2.46. The Morgan fingerprint density at radius 2 is 2.33 bits per heavy atom. The van der Waals surface area contributed by atoms with Crippen LogP contribution in [0.1, 0.15) is 5.56 Å². The van der Waals surface area contributed by atoms with Crippen LogP contribution in [0.5, 0.6) is 0 Å². The van der Waals surface area contributed by atoms with Gasteiger partial charge in [-0.2, -0.15) is 4.37 Å². The summed E-state index contributed by atoms with van der Waals surface area (Å²) in [7, 11) is 0. The number of hydrogen-bond donors (Lipinski definition) is 1. The van der Waals surface area contributed by atoms with Crippen molar-refractivity contribution >= 4 is 34.9 Å². The van der Waals surface area contributed by atoms with Crippen molar-refractivity contribution in [2.24, 2.45) is 5.73 Å². The number of nitrogens with two attached hydrogens (primary N) is 1. The molecule has 2 N–H and O–H groups in total. The van der Waals surface area contributed by atoms with Gasteiger partial charge in [-0.25, -0.2) is 9.97 Å². The molecule has 0 saturated carbocycles. The SMILES string of the molecule is NCc1ccnc(Sc2ncns2)c1Cl. The first-order valence-electron chi connectivity index (χ1n) is 4.09. The molecule has 0 bridgehead atoms. The van der Waals surface area contributed by atoms with Crippen LogP contribution in [0.15, 0.2) is 28.0 Å². The first-order chi connectivity index (χ1) is 7.31. The number of halogens is 1.